The lowest BCUT2D eigenvalue weighted by Gasteiger charge is -2.32. The van der Waals surface area contributed by atoms with E-state index in [0.717, 1.165) is 12.8 Å². The van der Waals surface area contributed by atoms with Crippen molar-refractivity contribution in [2.45, 2.75) is 45.8 Å². The third-order valence-corrected chi connectivity index (χ3v) is 3.46. The lowest BCUT2D eigenvalue weighted by molar-refractivity contribution is -0.141. The molecule has 0 bridgehead atoms. The minimum absolute atomic E-state index is 0.0724. The fraction of sp³-hybridized carbons (Fsp3) is 0.562. The third kappa shape index (κ3) is 5.01. The van der Waals surface area contributed by atoms with Gasteiger partial charge in [-0.05, 0) is 31.9 Å². The average molecular weight is 297 g/mol. The summed E-state index contributed by atoms with van der Waals surface area (Å²) in [6, 6.07) is 5.79. The molecule has 0 spiro atoms. The fourth-order valence-corrected chi connectivity index (χ4v) is 2.34. The Bertz CT molecular complexity index is 449. The molecule has 0 fully saturated rings. The van der Waals surface area contributed by atoms with Crippen LogP contribution in [0.15, 0.2) is 24.3 Å². The van der Waals surface area contributed by atoms with Gasteiger partial charge in [0.1, 0.15) is 11.6 Å². The van der Waals surface area contributed by atoms with E-state index in [9.17, 15) is 9.18 Å². The smallest absolute Gasteiger partial charge is 0.263 e. The van der Waals surface area contributed by atoms with Crippen molar-refractivity contribution in [3.63, 3.8) is 0 Å². The monoisotopic (exact) mass is 297 g/mol. The molecule has 0 aliphatic carbocycles. The maximum Gasteiger partial charge on any atom is 0.263 e. The van der Waals surface area contributed by atoms with Crippen LogP contribution >= 0.6 is 0 Å². The molecule has 0 saturated carbocycles. The highest BCUT2D eigenvalue weighted by molar-refractivity contribution is 5.81. The molecule has 0 aliphatic heterocycles. The Morgan fingerprint density at radius 1 is 1.38 bits per heavy atom. The van der Waals surface area contributed by atoms with Crippen molar-refractivity contribution in [3.8, 4) is 5.75 Å². The Labute approximate surface area is 125 Å². The molecular weight excluding hydrogens is 273 g/mol. The Morgan fingerprint density at radius 2 is 2.05 bits per heavy atom. The summed E-state index contributed by atoms with van der Waals surface area (Å²) in [7, 11) is 0. The molecule has 1 amide bonds. The van der Waals surface area contributed by atoms with E-state index in [4.69, 9.17) is 9.84 Å². The number of ether oxygens (including phenoxy) is 1. The van der Waals surface area contributed by atoms with Crippen LogP contribution in [-0.4, -0.2) is 41.2 Å². The molecule has 0 aromatic heterocycles. The van der Waals surface area contributed by atoms with E-state index in [0.29, 0.717) is 5.75 Å². The maximum atomic E-state index is 13.1. The van der Waals surface area contributed by atoms with Gasteiger partial charge in [0, 0.05) is 18.7 Å². The van der Waals surface area contributed by atoms with Crippen molar-refractivity contribution in [2.24, 2.45) is 0 Å². The molecule has 1 N–H and O–H groups in total. The number of carbonyl (C=O) groups excluding carboxylic acids is 1. The van der Waals surface area contributed by atoms with E-state index < -0.39 is 11.9 Å². The second kappa shape index (κ2) is 8.62. The summed E-state index contributed by atoms with van der Waals surface area (Å²) >= 11 is 0. The van der Waals surface area contributed by atoms with Gasteiger partial charge in [0.15, 0.2) is 6.10 Å². The number of rotatable bonds is 8. The summed E-state index contributed by atoms with van der Waals surface area (Å²) in [4.78, 5) is 14.1. The zero-order valence-corrected chi connectivity index (χ0v) is 12.9. The fourth-order valence-electron chi connectivity index (χ4n) is 2.34. The first-order chi connectivity index (χ1) is 10.0. The Kier molecular flexibility index (Phi) is 7.15. The van der Waals surface area contributed by atoms with E-state index >= 15 is 0 Å². The van der Waals surface area contributed by atoms with Gasteiger partial charge >= 0.3 is 0 Å². The topological polar surface area (TPSA) is 49.8 Å². The second-order valence-electron chi connectivity index (χ2n) is 4.94. The highest BCUT2D eigenvalue weighted by Gasteiger charge is 2.26. The van der Waals surface area contributed by atoms with Crippen LogP contribution in [0.5, 0.6) is 5.75 Å². The summed E-state index contributed by atoms with van der Waals surface area (Å²) in [5.74, 6) is -0.272. The number of amides is 1. The molecule has 1 aromatic carbocycles. The molecule has 21 heavy (non-hydrogen) atoms. The predicted molar refractivity (Wildman–Crippen MR) is 79.7 cm³/mol. The summed E-state index contributed by atoms with van der Waals surface area (Å²) < 4.78 is 18.6. The van der Waals surface area contributed by atoms with Crippen molar-refractivity contribution in [2.75, 3.05) is 13.2 Å². The van der Waals surface area contributed by atoms with Gasteiger partial charge in [-0.25, -0.2) is 4.39 Å². The van der Waals surface area contributed by atoms with Crippen LogP contribution in [0.1, 0.15) is 33.6 Å². The van der Waals surface area contributed by atoms with Crippen molar-refractivity contribution in [3.05, 3.63) is 30.1 Å². The number of aliphatic hydroxyl groups excluding tert-OH is 1. The number of hydrogen-bond donors (Lipinski definition) is 1. The lowest BCUT2D eigenvalue weighted by Crippen LogP contribution is -2.47. The summed E-state index contributed by atoms with van der Waals surface area (Å²) in [6.07, 6.45) is 0.906. The summed E-state index contributed by atoms with van der Waals surface area (Å²) in [6.45, 7) is 5.84. The molecular formula is C16H24FNO3. The van der Waals surface area contributed by atoms with Crippen molar-refractivity contribution >= 4 is 5.91 Å². The molecule has 0 aliphatic rings. The molecule has 1 aromatic rings. The van der Waals surface area contributed by atoms with Crippen LogP contribution in [0.4, 0.5) is 4.39 Å². The molecule has 0 radical (unpaired) electrons. The van der Waals surface area contributed by atoms with Gasteiger partial charge in [-0.1, -0.05) is 19.9 Å². The van der Waals surface area contributed by atoms with Gasteiger partial charge in [0.2, 0.25) is 0 Å². The molecule has 5 heteroatoms. The first-order valence-corrected chi connectivity index (χ1v) is 7.37. The number of aliphatic hydroxyl groups is 1. The number of nitrogens with zero attached hydrogens (tertiary/aromatic N) is 1. The molecule has 118 valence electrons. The number of halogens is 1. The Balaban J connectivity index is 2.77. The number of hydrogen-bond acceptors (Lipinski definition) is 3. The van der Waals surface area contributed by atoms with Gasteiger partial charge in [-0.2, -0.15) is 0 Å². The van der Waals surface area contributed by atoms with Crippen molar-refractivity contribution in [1.82, 2.24) is 4.90 Å². The lowest BCUT2D eigenvalue weighted by atomic mass is 10.1. The zero-order valence-electron chi connectivity index (χ0n) is 12.9. The minimum Gasteiger partial charge on any atom is -0.481 e. The number of carbonyl (C=O) groups is 1. The first-order valence-electron chi connectivity index (χ1n) is 7.37. The van der Waals surface area contributed by atoms with Crippen LogP contribution in [0.25, 0.3) is 0 Å². The maximum absolute atomic E-state index is 13.1. The Hall–Kier alpha value is -1.62. The van der Waals surface area contributed by atoms with Crippen molar-refractivity contribution in [1.29, 1.82) is 0 Å². The largest absolute Gasteiger partial charge is 0.481 e. The molecule has 1 atom stereocenters. The summed E-state index contributed by atoms with van der Waals surface area (Å²) in [5, 5.41) is 9.15. The van der Waals surface area contributed by atoms with Crippen LogP contribution in [0.2, 0.25) is 0 Å². The summed E-state index contributed by atoms with van der Waals surface area (Å²) in [5.41, 5.74) is 0. The van der Waals surface area contributed by atoms with Crippen LogP contribution < -0.4 is 4.74 Å². The van der Waals surface area contributed by atoms with E-state index in [2.05, 4.69) is 0 Å². The third-order valence-electron chi connectivity index (χ3n) is 3.46. The molecule has 1 unspecified atom stereocenters. The van der Waals surface area contributed by atoms with Gasteiger partial charge in [0.25, 0.3) is 5.91 Å². The van der Waals surface area contributed by atoms with E-state index in [1.807, 2.05) is 13.8 Å². The highest BCUT2D eigenvalue weighted by atomic mass is 19.1. The first kappa shape index (κ1) is 17.4. The van der Waals surface area contributed by atoms with E-state index in [1.165, 1.54) is 18.2 Å². The van der Waals surface area contributed by atoms with Gasteiger partial charge in [-0.3, -0.25) is 4.79 Å². The quantitative estimate of drug-likeness (QED) is 0.802. The normalized spacial score (nSPS) is 12.3. The van der Waals surface area contributed by atoms with E-state index in [-0.39, 0.29) is 25.1 Å². The Morgan fingerprint density at radius 3 is 2.57 bits per heavy atom. The highest BCUT2D eigenvalue weighted by Crippen LogP contribution is 2.16. The minimum atomic E-state index is -0.723. The van der Waals surface area contributed by atoms with Gasteiger partial charge in [-0.15, -0.1) is 0 Å². The van der Waals surface area contributed by atoms with Crippen LogP contribution in [0.3, 0.4) is 0 Å². The van der Waals surface area contributed by atoms with Crippen LogP contribution in [0, 0.1) is 5.82 Å². The SMILES string of the molecule is CCC(CC)N(CCO)C(=O)C(C)Oc1cccc(F)c1. The number of benzene rings is 1. The van der Waals surface area contributed by atoms with E-state index in [1.54, 1.807) is 17.9 Å². The zero-order chi connectivity index (χ0) is 15.8. The average Bonchev–Trinajstić information content (AvgIpc) is 2.46. The molecule has 4 nitrogen and oxygen atoms in total. The predicted octanol–water partition coefficient (Wildman–Crippen LogP) is 2.60. The molecule has 0 saturated heterocycles. The van der Waals surface area contributed by atoms with Crippen molar-refractivity contribution < 1.29 is 19.0 Å². The molecule has 1 rings (SSSR count). The second-order valence-corrected chi connectivity index (χ2v) is 4.94. The van der Waals surface area contributed by atoms with Crippen LogP contribution in [-0.2, 0) is 4.79 Å². The standard InChI is InChI=1S/C16H24FNO3/c1-4-14(5-2)18(9-10-19)16(20)12(3)21-15-8-6-7-13(17)11-15/h6-8,11-12,14,19H,4-5,9-10H2,1-3H3. The van der Waals surface area contributed by atoms with Gasteiger partial charge in [0.05, 0.1) is 6.61 Å². The van der Waals surface area contributed by atoms with Gasteiger partial charge < -0.3 is 14.7 Å². The molecule has 0 heterocycles.